The third kappa shape index (κ3) is 4.87. The average Bonchev–Trinajstić information content (AvgIpc) is 3.18. The highest BCUT2D eigenvalue weighted by atomic mass is 127. The molecule has 146 valence electrons. The monoisotopic (exact) mass is 494 g/mol. The number of guanidine groups is 1. The van der Waals surface area contributed by atoms with Gasteiger partial charge in [-0.15, -0.1) is 34.2 Å². The Morgan fingerprint density at radius 3 is 2.63 bits per heavy atom. The van der Waals surface area contributed by atoms with Crippen LogP contribution in [0.4, 0.5) is 13.2 Å². The number of rotatable bonds is 4. The van der Waals surface area contributed by atoms with Crippen LogP contribution in [0.15, 0.2) is 35.6 Å². The van der Waals surface area contributed by atoms with Crippen LogP contribution in [0, 0.1) is 0 Å². The Morgan fingerprint density at radius 1 is 1.19 bits per heavy atom. The highest BCUT2D eigenvalue weighted by Crippen LogP contribution is 2.30. The van der Waals surface area contributed by atoms with Crippen LogP contribution in [0.3, 0.4) is 0 Å². The normalized spacial score (nSPS) is 12.1. The molecule has 3 heterocycles. The molecule has 0 unspecified atom stereocenters. The van der Waals surface area contributed by atoms with Crippen molar-refractivity contribution in [2.24, 2.45) is 12.0 Å². The van der Waals surface area contributed by atoms with Crippen molar-refractivity contribution in [3.8, 4) is 0 Å². The lowest BCUT2D eigenvalue weighted by Gasteiger charge is -2.12. The van der Waals surface area contributed by atoms with Gasteiger partial charge < -0.3 is 10.6 Å². The molecule has 0 aromatic carbocycles. The van der Waals surface area contributed by atoms with Gasteiger partial charge in [-0.05, 0) is 12.1 Å². The van der Waals surface area contributed by atoms with Crippen molar-refractivity contribution >= 4 is 35.6 Å². The number of halogens is 4. The lowest BCUT2D eigenvalue weighted by Crippen LogP contribution is -2.37. The van der Waals surface area contributed by atoms with Crippen molar-refractivity contribution < 1.29 is 13.2 Å². The van der Waals surface area contributed by atoms with Gasteiger partial charge in [0.25, 0.3) is 0 Å². The Kier molecular flexibility index (Phi) is 6.62. The zero-order valence-corrected chi connectivity index (χ0v) is 16.9. The number of fused-ring (bicyclic) bond motifs is 1. The fraction of sp³-hybridized carbons (Fsp3) is 0.333. The number of hydrogen-bond donors (Lipinski definition) is 2. The third-order valence-corrected chi connectivity index (χ3v) is 3.64. The summed E-state index contributed by atoms with van der Waals surface area (Å²) in [4.78, 5) is 4.01. The van der Waals surface area contributed by atoms with Crippen LogP contribution >= 0.6 is 24.0 Å². The molecule has 3 rings (SSSR count). The van der Waals surface area contributed by atoms with E-state index in [0.29, 0.717) is 24.0 Å². The molecule has 0 radical (unpaired) electrons. The van der Waals surface area contributed by atoms with Gasteiger partial charge in [0, 0.05) is 38.6 Å². The number of alkyl halides is 3. The van der Waals surface area contributed by atoms with Gasteiger partial charge >= 0.3 is 6.18 Å². The minimum absolute atomic E-state index is 0. The molecule has 3 aromatic rings. The minimum atomic E-state index is -4.50. The Bertz CT molecular complexity index is 931. The number of nitrogens with zero attached hydrogens (tertiary/aromatic N) is 6. The zero-order chi connectivity index (χ0) is 18.7. The zero-order valence-electron chi connectivity index (χ0n) is 14.5. The second-order valence-corrected chi connectivity index (χ2v) is 5.50. The van der Waals surface area contributed by atoms with Crippen LogP contribution in [-0.2, 0) is 26.3 Å². The van der Waals surface area contributed by atoms with Gasteiger partial charge in [0.1, 0.15) is 0 Å². The number of pyridine rings is 1. The van der Waals surface area contributed by atoms with E-state index in [4.69, 9.17) is 0 Å². The predicted molar refractivity (Wildman–Crippen MR) is 104 cm³/mol. The molecule has 0 fully saturated rings. The molecule has 12 heteroatoms. The first-order valence-corrected chi connectivity index (χ1v) is 7.71. The quantitative estimate of drug-likeness (QED) is 0.329. The molecule has 8 nitrogen and oxygen atoms in total. The van der Waals surface area contributed by atoms with E-state index in [1.165, 1.54) is 20.3 Å². The Morgan fingerprint density at radius 2 is 1.93 bits per heavy atom. The molecule has 2 N–H and O–H groups in total. The van der Waals surface area contributed by atoms with Crippen LogP contribution < -0.4 is 10.6 Å². The summed E-state index contributed by atoms with van der Waals surface area (Å²) >= 11 is 0. The van der Waals surface area contributed by atoms with Crippen LogP contribution in [0.25, 0.3) is 5.65 Å². The number of aliphatic imine (C=N–C) groups is 1. The molecule has 3 aromatic heterocycles. The highest BCUT2D eigenvalue weighted by molar-refractivity contribution is 14.0. The maximum atomic E-state index is 13.0. The molecule has 0 amide bonds. The summed E-state index contributed by atoms with van der Waals surface area (Å²) in [5.41, 5.74) is -0.167. The van der Waals surface area contributed by atoms with Crippen molar-refractivity contribution in [1.82, 2.24) is 35.0 Å². The molecule has 0 aliphatic carbocycles. The molecule has 0 spiro atoms. The second-order valence-electron chi connectivity index (χ2n) is 5.50. The standard InChI is InChI=1S/C15H17F3N8.HI/c1-19-14(20-7-10-9-25(2)24-13(10)15(16,17)18)21-8-12-23-22-11-5-3-4-6-26(11)12;/h3-6,9H,7-8H2,1-2H3,(H2,19,20,21);1H. The molecule has 0 atom stereocenters. The maximum Gasteiger partial charge on any atom is 0.435 e. The first-order chi connectivity index (χ1) is 12.4. The van der Waals surface area contributed by atoms with Gasteiger partial charge in [-0.1, -0.05) is 6.07 Å². The van der Waals surface area contributed by atoms with Gasteiger partial charge in [0.2, 0.25) is 0 Å². The minimum Gasteiger partial charge on any atom is -0.352 e. The van der Waals surface area contributed by atoms with Gasteiger partial charge in [0.15, 0.2) is 23.1 Å². The second kappa shape index (κ2) is 8.54. The number of nitrogens with one attached hydrogen (secondary N) is 2. The summed E-state index contributed by atoms with van der Waals surface area (Å²) in [6.07, 6.45) is -1.35. The van der Waals surface area contributed by atoms with E-state index in [0.717, 1.165) is 4.68 Å². The van der Waals surface area contributed by atoms with Gasteiger partial charge in [-0.25, -0.2) is 0 Å². The van der Waals surface area contributed by atoms with Gasteiger partial charge in [0.05, 0.1) is 6.54 Å². The van der Waals surface area contributed by atoms with E-state index < -0.39 is 11.9 Å². The SMILES string of the molecule is CN=C(NCc1cn(C)nc1C(F)(F)F)NCc1nnc2ccccn12.I. The lowest BCUT2D eigenvalue weighted by atomic mass is 10.2. The van der Waals surface area contributed by atoms with Crippen molar-refractivity contribution in [3.63, 3.8) is 0 Å². The fourth-order valence-corrected chi connectivity index (χ4v) is 2.48. The molecule has 0 aliphatic heterocycles. The Balaban J connectivity index is 0.00000261. The largest absolute Gasteiger partial charge is 0.435 e. The summed E-state index contributed by atoms with van der Waals surface area (Å²) in [6, 6.07) is 5.53. The number of aromatic nitrogens is 5. The van der Waals surface area contributed by atoms with Crippen LogP contribution in [-0.4, -0.2) is 37.4 Å². The molecule has 27 heavy (non-hydrogen) atoms. The third-order valence-electron chi connectivity index (χ3n) is 3.64. The summed E-state index contributed by atoms with van der Waals surface area (Å²) < 4.78 is 41.9. The Labute approximate surface area is 169 Å². The topological polar surface area (TPSA) is 84.4 Å². The Hall–Kier alpha value is -2.38. The summed E-state index contributed by atoms with van der Waals surface area (Å²) in [5.74, 6) is 0.996. The van der Waals surface area contributed by atoms with Gasteiger partial charge in [-0.2, -0.15) is 18.3 Å². The van der Waals surface area contributed by atoms with E-state index in [-0.39, 0.29) is 36.1 Å². The molecule has 0 bridgehead atoms. The van der Waals surface area contributed by atoms with Crippen molar-refractivity contribution in [2.75, 3.05) is 7.05 Å². The summed E-state index contributed by atoms with van der Waals surface area (Å²) in [5, 5.41) is 17.4. The van der Waals surface area contributed by atoms with Crippen LogP contribution in [0.5, 0.6) is 0 Å². The van der Waals surface area contributed by atoms with Crippen molar-refractivity contribution in [1.29, 1.82) is 0 Å². The van der Waals surface area contributed by atoms with Crippen molar-refractivity contribution in [2.45, 2.75) is 19.3 Å². The summed E-state index contributed by atoms with van der Waals surface area (Å²) in [7, 11) is 2.98. The first-order valence-electron chi connectivity index (χ1n) is 7.71. The summed E-state index contributed by atoms with van der Waals surface area (Å²) in [6.45, 7) is 0.243. The molecule has 0 saturated carbocycles. The van der Waals surface area contributed by atoms with E-state index in [9.17, 15) is 13.2 Å². The predicted octanol–water partition coefficient (Wildman–Crippen LogP) is 1.96. The fourth-order valence-electron chi connectivity index (χ4n) is 2.48. The average molecular weight is 494 g/mol. The molecular formula is C15H18F3IN8. The smallest absolute Gasteiger partial charge is 0.352 e. The van der Waals surface area contributed by atoms with E-state index >= 15 is 0 Å². The molecular weight excluding hydrogens is 476 g/mol. The van der Waals surface area contributed by atoms with E-state index in [2.05, 4.69) is 30.9 Å². The van der Waals surface area contributed by atoms with Gasteiger partial charge in [-0.3, -0.25) is 14.1 Å². The molecule has 0 aliphatic rings. The van der Waals surface area contributed by atoms with Crippen molar-refractivity contribution in [3.05, 3.63) is 47.7 Å². The van der Waals surface area contributed by atoms with E-state index in [1.807, 2.05) is 28.8 Å². The number of hydrogen-bond acceptors (Lipinski definition) is 4. The first kappa shape index (κ1) is 20.9. The number of aryl methyl sites for hydroxylation is 1. The molecule has 0 saturated heterocycles. The van der Waals surface area contributed by atoms with Crippen LogP contribution in [0.2, 0.25) is 0 Å². The maximum absolute atomic E-state index is 13.0. The van der Waals surface area contributed by atoms with E-state index in [1.54, 1.807) is 0 Å². The highest BCUT2D eigenvalue weighted by Gasteiger charge is 2.36. The van der Waals surface area contributed by atoms with Crippen LogP contribution in [0.1, 0.15) is 17.1 Å². The lowest BCUT2D eigenvalue weighted by molar-refractivity contribution is -0.142.